The van der Waals surface area contributed by atoms with Crippen molar-refractivity contribution in [2.45, 2.75) is 44.7 Å². The number of nitrogens with zero attached hydrogens (tertiary/aromatic N) is 1. The zero-order valence-electron chi connectivity index (χ0n) is 10.6. The molecular formula is C12H24N2O2. The van der Waals surface area contributed by atoms with Gasteiger partial charge in [0.2, 0.25) is 5.91 Å². The third-order valence-corrected chi connectivity index (χ3v) is 3.57. The average molecular weight is 228 g/mol. The van der Waals surface area contributed by atoms with Crippen molar-refractivity contribution in [3.63, 3.8) is 0 Å². The van der Waals surface area contributed by atoms with Gasteiger partial charge in [-0.25, -0.2) is 0 Å². The molecule has 0 aromatic heterocycles. The molecule has 0 bridgehead atoms. The summed E-state index contributed by atoms with van der Waals surface area (Å²) >= 11 is 0. The van der Waals surface area contributed by atoms with Gasteiger partial charge in [0.15, 0.2) is 0 Å². The Labute approximate surface area is 98.1 Å². The fourth-order valence-electron chi connectivity index (χ4n) is 2.55. The highest BCUT2D eigenvalue weighted by Crippen LogP contribution is 2.27. The molecule has 1 rings (SSSR count). The van der Waals surface area contributed by atoms with E-state index in [4.69, 9.17) is 10.5 Å². The van der Waals surface area contributed by atoms with E-state index in [-0.39, 0.29) is 5.91 Å². The largest absolute Gasteiger partial charge is 0.383 e. The maximum absolute atomic E-state index is 12.0. The zero-order chi connectivity index (χ0) is 12.1. The Bertz CT molecular complexity index is 233. The first-order chi connectivity index (χ1) is 7.57. The van der Waals surface area contributed by atoms with E-state index in [1.54, 1.807) is 7.11 Å². The number of carbonyl (C=O) groups excluding carboxylic acids is 1. The highest BCUT2D eigenvalue weighted by atomic mass is 16.5. The second-order valence-corrected chi connectivity index (χ2v) is 4.84. The van der Waals surface area contributed by atoms with E-state index in [0.29, 0.717) is 18.6 Å². The molecule has 1 aliphatic rings. The van der Waals surface area contributed by atoms with Crippen LogP contribution in [0.2, 0.25) is 0 Å². The van der Waals surface area contributed by atoms with Crippen LogP contribution in [0.25, 0.3) is 0 Å². The Morgan fingerprint density at radius 2 is 2.12 bits per heavy atom. The lowest BCUT2D eigenvalue weighted by Crippen LogP contribution is -2.50. The van der Waals surface area contributed by atoms with Gasteiger partial charge in [-0.1, -0.05) is 19.8 Å². The van der Waals surface area contributed by atoms with Gasteiger partial charge in [-0.05, 0) is 18.8 Å². The van der Waals surface area contributed by atoms with E-state index >= 15 is 0 Å². The number of methoxy groups -OCH3 is 1. The number of nitrogens with two attached hydrogens (primary N) is 1. The zero-order valence-corrected chi connectivity index (χ0v) is 10.6. The Morgan fingerprint density at radius 3 is 2.69 bits per heavy atom. The summed E-state index contributed by atoms with van der Waals surface area (Å²) in [5.74, 6) is 0.582. The smallest absolute Gasteiger partial charge is 0.241 e. The number of amides is 1. The van der Waals surface area contributed by atoms with Crippen LogP contribution in [0.1, 0.15) is 32.6 Å². The highest BCUT2D eigenvalue weighted by Gasteiger charge is 2.29. The minimum absolute atomic E-state index is 0.000556. The molecule has 0 aromatic carbocycles. The summed E-state index contributed by atoms with van der Waals surface area (Å²) in [7, 11) is 3.43. The average Bonchev–Trinajstić information content (AvgIpc) is 2.28. The number of likely N-dealkylation sites (N-methyl/N-ethyl adjacent to an activating group) is 1. The molecule has 16 heavy (non-hydrogen) atoms. The molecule has 4 nitrogen and oxygen atoms in total. The predicted molar refractivity (Wildman–Crippen MR) is 64.0 cm³/mol. The van der Waals surface area contributed by atoms with Crippen molar-refractivity contribution >= 4 is 5.91 Å². The monoisotopic (exact) mass is 228 g/mol. The summed E-state index contributed by atoms with van der Waals surface area (Å²) in [6.45, 7) is 2.51. The number of hydrogen-bond acceptors (Lipinski definition) is 3. The normalized spacial score (nSPS) is 27.5. The molecule has 0 heterocycles. The Hall–Kier alpha value is -0.610. The van der Waals surface area contributed by atoms with E-state index in [0.717, 1.165) is 6.42 Å². The Balaban J connectivity index is 2.54. The van der Waals surface area contributed by atoms with Crippen LogP contribution >= 0.6 is 0 Å². The van der Waals surface area contributed by atoms with Gasteiger partial charge in [0.25, 0.3) is 0 Å². The lowest BCUT2D eigenvalue weighted by molar-refractivity contribution is -0.136. The van der Waals surface area contributed by atoms with Gasteiger partial charge < -0.3 is 15.4 Å². The fourth-order valence-corrected chi connectivity index (χ4v) is 2.55. The second-order valence-electron chi connectivity index (χ2n) is 4.84. The van der Waals surface area contributed by atoms with Gasteiger partial charge in [0.05, 0.1) is 6.61 Å². The van der Waals surface area contributed by atoms with E-state index < -0.39 is 6.04 Å². The molecular weight excluding hydrogens is 204 g/mol. The molecule has 0 aliphatic heterocycles. The van der Waals surface area contributed by atoms with Gasteiger partial charge in [-0.15, -0.1) is 0 Å². The van der Waals surface area contributed by atoms with Crippen molar-refractivity contribution in [2.24, 2.45) is 11.7 Å². The molecule has 1 amide bonds. The van der Waals surface area contributed by atoms with Crippen LogP contribution in [0.4, 0.5) is 0 Å². The topological polar surface area (TPSA) is 55.6 Å². The van der Waals surface area contributed by atoms with Crippen molar-refractivity contribution in [2.75, 3.05) is 20.8 Å². The summed E-state index contributed by atoms with van der Waals surface area (Å²) in [5.41, 5.74) is 5.76. The first-order valence-corrected chi connectivity index (χ1v) is 6.09. The van der Waals surface area contributed by atoms with Crippen LogP contribution in [-0.4, -0.2) is 43.7 Å². The van der Waals surface area contributed by atoms with E-state index in [2.05, 4.69) is 6.92 Å². The molecule has 2 N–H and O–H groups in total. The van der Waals surface area contributed by atoms with Crippen LogP contribution in [0.3, 0.4) is 0 Å². The van der Waals surface area contributed by atoms with Crippen LogP contribution in [0.5, 0.6) is 0 Å². The molecule has 1 aliphatic carbocycles. The van der Waals surface area contributed by atoms with Crippen molar-refractivity contribution < 1.29 is 9.53 Å². The van der Waals surface area contributed by atoms with Crippen molar-refractivity contribution in [1.29, 1.82) is 0 Å². The third kappa shape index (κ3) is 3.19. The van der Waals surface area contributed by atoms with Crippen molar-refractivity contribution in [3.8, 4) is 0 Å². The maximum atomic E-state index is 12.0. The first kappa shape index (κ1) is 13.5. The van der Waals surface area contributed by atoms with Gasteiger partial charge in [0.1, 0.15) is 6.04 Å². The highest BCUT2D eigenvalue weighted by molar-refractivity contribution is 5.81. The molecule has 94 valence electrons. The molecule has 0 radical (unpaired) electrons. The molecule has 0 saturated heterocycles. The maximum Gasteiger partial charge on any atom is 0.241 e. The van der Waals surface area contributed by atoms with Crippen LogP contribution in [0.15, 0.2) is 0 Å². The van der Waals surface area contributed by atoms with Gasteiger partial charge in [0, 0.05) is 20.2 Å². The number of carbonyl (C=O) groups is 1. The second kappa shape index (κ2) is 6.21. The summed E-state index contributed by atoms with van der Waals surface area (Å²) < 4.78 is 4.92. The lowest BCUT2D eigenvalue weighted by atomic mass is 9.85. The Morgan fingerprint density at radius 1 is 1.50 bits per heavy atom. The van der Waals surface area contributed by atoms with Gasteiger partial charge >= 0.3 is 0 Å². The summed E-state index contributed by atoms with van der Waals surface area (Å²) in [6.07, 6.45) is 4.81. The summed E-state index contributed by atoms with van der Waals surface area (Å²) in [6, 6.07) is -0.173. The van der Waals surface area contributed by atoms with E-state index in [9.17, 15) is 4.79 Å². The summed E-state index contributed by atoms with van der Waals surface area (Å²) in [5, 5.41) is 0. The first-order valence-electron chi connectivity index (χ1n) is 6.09. The lowest BCUT2D eigenvalue weighted by Gasteiger charge is -2.37. The number of hydrogen-bond donors (Lipinski definition) is 1. The molecule has 1 fully saturated rings. The number of rotatable bonds is 4. The minimum atomic E-state index is -0.524. The van der Waals surface area contributed by atoms with Gasteiger partial charge in [-0.3, -0.25) is 4.79 Å². The molecule has 4 heteroatoms. The van der Waals surface area contributed by atoms with Crippen molar-refractivity contribution in [1.82, 2.24) is 4.90 Å². The third-order valence-electron chi connectivity index (χ3n) is 3.57. The molecule has 0 aromatic rings. The quantitative estimate of drug-likeness (QED) is 0.781. The molecule has 3 unspecified atom stereocenters. The van der Waals surface area contributed by atoms with Gasteiger partial charge in [-0.2, -0.15) is 0 Å². The molecule has 0 spiro atoms. The van der Waals surface area contributed by atoms with E-state index in [1.807, 2.05) is 11.9 Å². The Kier molecular flexibility index (Phi) is 5.22. The SMILES string of the molecule is COCC(N)C(=O)N(C)C1CCCCC1C. The fraction of sp³-hybridized carbons (Fsp3) is 0.917. The predicted octanol–water partition coefficient (Wildman–Crippen LogP) is 0.997. The van der Waals surface area contributed by atoms with Crippen molar-refractivity contribution in [3.05, 3.63) is 0 Å². The molecule has 1 saturated carbocycles. The van der Waals surface area contributed by atoms with E-state index in [1.165, 1.54) is 19.3 Å². The van der Waals surface area contributed by atoms with Crippen LogP contribution < -0.4 is 5.73 Å². The van der Waals surface area contributed by atoms with Crippen LogP contribution in [0, 0.1) is 5.92 Å². The molecule has 3 atom stereocenters. The number of ether oxygens (including phenoxy) is 1. The summed E-state index contributed by atoms with van der Waals surface area (Å²) in [4.78, 5) is 13.8. The van der Waals surface area contributed by atoms with Crippen LogP contribution in [-0.2, 0) is 9.53 Å². The minimum Gasteiger partial charge on any atom is -0.383 e. The standard InChI is InChI=1S/C12H24N2O2/c1-9-6-4-5-7-11(9)14(2)12(15)10(13)8-16-3/h9-11H,4-8,13H2,1-3H3.